The van der Waals surface area contributed by atoms with Gasteiger partial charge in [-0.15, -0.1) is 0 Å². The summed E-state index contributed by atoms with van der Waals surface area (Å²) in [7, 11) is 0. The van der Waals surface area contributed by atoms with Crippen LogP contribution in [0, 0.1) is 0 Å². The molecule has 2 N–H and O–H groups in total. The van der Waals surface area contributed by atoms with Crippen molar-refractivity contribution < 1.29 is 14.3 Å². The van der Waals surface area contributed by atoms with Gasteiger partial charge in [0.1, 0.15) is 11.8 Å². The zero-order chi connectivity index (χ0) is 15.4. The molecule has 1 aliphatic heterocycles. The van der Waals surface area contributed by atoms with Gasteiger partial charge in [-0.1, -0.05) is 11.6 Å². The minimum atomic E-state index is -0.525. The fourth-order valence-electron chi connectivity index (χ4n) is 2.34. The second kappa shape index (κ2) is 7.13. The summed E-state index contributed by atoms with van der Waals surface area (Å²) in [5.41, 5.74) is 5.35. The molecule has 5 nitrogen and oxygen atoms in total. The molecule has 1 heterocycles. The molecule has 1 aliphatic rings. The van der Waals surface area contributed by atoms with E-state index in [0.717, 1.165) is 12.8 Å². The third kappa shape index (κ3) is 4.11. The van der Waals surface area contributed by atoms with Crippen molar-refractivity contribution in [1.29, 1.82) is 0 Å². The molecule has 2 rings (SSSR count). The van der Waals surface area contributed by atoms with Crippen LogP contribution < -0.4 is 10.5 Å². The predicted molar refractivity (Wildman–Crippen MR) is 83.2 cm³/mol. The number of ether oxygens (including phenoxy) is 1. The van der Waals surface area contributed by atoms with E-state index in [-0.39, 0.29) is 12.5 Å². The minimum Gasteiger partial charge on any atom is -0.483 e. The first-order valence-corrected chi connectivity index (χ1v) is 7.83. The molecule has 0 saturated carbocycles. The van der Waals surface area contributed by atoms with Crippen LogP contribution in [0.5, 0.6) is 5.75 Å². The number of benzene rings is 1. The summed E-state index contributed by atoms with van der Waals surface area (Å²) in [4.78, 5) is 25.1. The highest BCUT2D eigenvalue weighted by Crippen LogP contribution is 2.28. The average molecular weight is 376 g/mol. The maximum absolute atomic E-state index is 12.2. The van der Waals surface area contributed by atoms with Crippen LogP contribution in [0.4, 0.5) is 0 Å². The van der Waals surface area contributed by atoms with Gasteiger partial charge in [0.25, 0.3) is 5.91 Å². The molecule has 1 fully saturated rings. The third-order valence-corrected chi connectivity index (χ3v) is 4.25. The molecule has 114 valence electrons. The number of halogens is 2. The van der Waals surface area contributed by atoms with Crippen molar-refractivity contribution in [2.75, 3.05) is 13.2 Å². The Morgan fingerprint density at radius 2 is 2.19 bits per heavy atom. The molecule has 0 aliphatic carbocycles. The van der Waals surface area contributed by atoms with Gasteiger partial charge in [0.2, 0.25) is 5.91 Å². The Hall–Kier alpha value is -1.27. The zero-order valence-corrected chi connectivity index (χ0v) is 13.7. The Balaban J connectivity index is 1.98. The van der Waals surface area contributed by atoms with Crippen LogP contribution in [-0.4, -0.2) is 35.9 Å². The Morgan fingerprint density at radius 3 is 2.86 bits per heavy atom. The molecule has 0 aromatic heterocycles. The van der Waals surface area contributed by atoms with Gasteiger partial charge < -0.3 is 15.4 Å². The lowest BCUT2D eigenvalue weighted by Crippen LogP contribution is -2.51. The molecule has 1 aromatic carbocycles. The lowest BCUT2D eigenvalue weighted by molar-refractivity contribution is -0.142. The number of hydrogen-bond acceptors (Lipinski definition) is 3. The molecule has 0 unspecified atom stereocenters. The molecule has 0 bridgehead atoms. The number of piperidine rings is 1. The number of primary amides is 1. The summed E-state index contributed by atoms with van der Waals surface area (Å²) in [6.07, 6.45) is 2.40. The fourth-order valence-corrected chi connectivity index (χ4v) is 3.14. The van der Waals surface area contributed by atoms with Gasteiger partial charge >= 0.3 is 0 Å². The van der Waals surface area contributed by atoms with Crippen LogP contribution in [0.3, 0.4) is 0 Å². The first kappa shape index (κ1) is 16.1. The molecule has 1 atom stereocenters. The number of hydrogen-bond donors (Lipinski definition) is 1. The number of carbonyl (C=O) groups excluding carboxylic acids is 2. The smallest absolute Gasteiger partial charge is 0.261 e. The third-order valence-electron chi connectivity index (χ3n) is 3.40. The second-order valence-corrected chi connectivity index (χ2v) is 6.16. The van der Waals surface area contributed by atoms with Gasteiger partial charge in [0.05, 0.1) is 4.47 Å². The van der Waals surface area contributed by atoms with E-state index in [1.165, 1.54) is 4.90 Å². The summed E-state index contributed by atoms with van der Waals surface area (Å²) in [6, 6.07) is 4.53. The molecule has 1 saturated heterocycles. The number of likely N-dealkylation sites (tertiary alicyclic amines) is 1. The first-order valence-electron chi connectivity index (χ1n) is 6.65. The quantitative estimate of drug-likeness (QED) is 0.878. The Bertz CT molecular complexity index is 553. The highest BCUT2D eigenvalue weighted by Gasteiger charge is 2.30. The molecule has 21 heavy (non-hydrogen) atoms. The van der Waals surface area contributed by atoms with Crippen LogP contribution in [0.1, 0.15) is 19.3 Å². The monoisotopic (exact) mass is 374 g/mol. The second-order valence-electron chi connectivity index (χ2n) is 4.86. The van der Waals surface area contributed by atoms with E-state index in [1.807, 2.05) is 0 Å². The lowest BCUT2D eigenvalue weighted by Gasteiger charge is -2.33. The normalized spacial score (nSPS) is 18.4. The van der Waals surface area contributed by atoms with E-state index in [2.05, 4.69) is 15.9 Å². The van der Waals surface area contributed by atoms with E-state index in [4.69, 9.17) is 22.1 Å². The molecule has 1 aromatic rings. The standard InChI is InChI=1S/C14H16BrClN2O3/c15-10-7-9(16)4-5-12(10)21-8-13(19)18-6-2-1-3-11(18)14(17)20/h4-5,7,11H,1-3,6,8H2,(H2,17,20)/t11-/m0/s1. The van der Waals surface area contributed by atoms with Crippen LogP contribution in [0.2, 0.25) is 5.02 Å². The maximum Gasteiger partial charge on any atom is 0.261 e. The van der Waals surface area contributed by atoms with E-state index in [1.54, 1.807) is 18.2 Å². The zero-order valence-electron chi connectivity index (χ0n) is 11.4. The summed E-state index contributed by atoms with van der Waals surface area (Å²) in [5, 5.41) is 0.574. The maximum atomic E-state index is 12.2. The topological polar surface area (TPSA) is 72.6 Å². The molecule has 7 heteroatoms. The Kier molecular flexibility index (Phi) is 5.47. The van der Waals surface area contributed by atoms with Crippen molar-refractivity contribution in [3.8, 4) is 5.75 Å². The van der Waals surface area contributed by atoms with Crippen molar-refractivity contribution in [2.24, 2.45) is 5.73 Å². The van der Waals surface area contributed by atoms with Gasteiger partial charge in [-0.25, -0.2) is 0 Å². The van der Waals surface area contributed by atoms with Crippen LogP contribution >= 0.6 is 27.5 Å². The minimum absolute atomic E-state index is 0.135. The summed E-state index contributed by atoms with van der Waals surface area (Å²) in [6.45, 7) is 0.404. The van der Waals surface area contributed by atoms with Crippen molar-refractivity contribution in [3.63, 3.8) is 0 Å². The Labute approximate surface area is 136 Å². The highest BCUT2D eigenvalue weighted by molar-refractivity contribution is 9.10. The fraction of sp³-hybridized carbons (Fsp3) is 0.429. The van der Waals surface area contributed by atoms with Gasteiger partial charge in [-0.2, -0.15) is 0 Å². The Morgan fingerprint density at radius 1 is 1.43 bits per heavy atom. The SMILES string of the molecule is NC(=O)[C@@H]1CCCCN1C(=O)COc1ccc(Cl)cc1Br. The van der Waals surface area contributed by atoms with Gasteiger partial charge in [0, 0.05) is 11.6 Å². The summed E-state index contributed by atoms with van der Waals surface area (Å²) < 4.78 is 6.16. The van der Waals surface area contributed by atoms with Gasteiger partial charge in [0.15, 0.2) is 6.61 Å². The van der Waals surface area contributed by atoms with Crippen molar-refractivity contribution >= 4 is 39.3 Å². The molecular formula is C14H16BrClN2O3. The highest BCUT2D eigenvalue weighted by atomic mass is 79.9. The van der Waals surface area contributed by atoms with Crippen LogP contribution in [0.15, 0.2) is 22.7 Å². The molecule has 0 radical (unpaired) electrons. The van der Waals surface area contributed by atoms with Crippen LogP contribution in [-0.2, 0) is 9.59 Å². The van der Waals surface area contributed by atoms with Gasteiger partial charge in [-0.05, 0) is 53.4 Å². The largest absolute Gasteiger partial charge is 0.483 e. The van der Waals surface area contributed by atoms with Crippen molar-refractivity contribution in [2.45, 2.75) is 25.3 Å². The van der Waals surface area contributed by atoms with E-state index in [9.17, 15) is 9.59 Å². The average Bonchev–Trinajstić information content (AvgIpc) is 2.46. The molecule has 0 spiro atoms. The van der Waals surface area contributed by atoms with E-state index < -0.39 is 11.9 Å². The van der Waals surface area contributed by atoms with E-state index >= 15 is 0 Å². The van der Waals surface area contributed by atoms with E-state index in [0.29, 0.717) is 28.2 Å². The number of carbonyl (C=O) groups is 2. The van der Waals surface area contributed by atoms with Crippen LogP contribution in [0.25, 0.3) is 0 Å². The summed E-state index contributed by atoms with van der Waals surface area (Å²) >= 11 is 9.16. The van der Waals surface area contributed by atoms with Crippen molar-refractivity contribution in [3.05, 3.63) is 27.7 Å². The molecular weight excluding hydrogens is 360 g/mol. The number of amides is 2. The lowest BCUT2D eigenvalue weighted by atomic mass is 10.0. The first-order chi connectivity index (χ1) is 9.99. The summed E-state index contributed by atoms with van der Waals surface area (Å²) in [5.74, 6) is -0.170. The number of rotatable bonds is 4. The predicted octanol–water partition coefficient (Wildman–Crippen LogP) is 2.35. The number of nitrogens with two attached hydrogens (primary N) is 1. The van der Waals surface area contributed by atoms with Gasteiger partial charge in [-0.3, -0.25) is 9.59 Å². The number of nitrogens with zero attached hydrogens (tertiary/aromatic N) is 1. The van der Waals surface area contributed by atoms with Crippen molar-refractivity contribution in [1.82, 2.24) is 4.90 Å². The molecule has 2 amide bonds.